The van der Waals surface area contributed by atoms with Gasteiger partial charge in [0.05, 0.1) is 14.1 Å². The van der Waals surface area contributed by atoms with E-state index < -0.39 is 0 Å². The highest BCUT2D eigenvalue weighted by atomic mass is 15.1. The van der Waals surface area contributed by atoms with Crippen LogP contribution >= 0.6 is 0 Å². The Hall–Kier alpha value is -0.860. The van der Waals surface area contributed by atoms with E-state index in [9.17, 15) is 0 Å². The normalized spacial score (nSPS) is 11.3. The molecule has 78 valence electrons. The summed E-state index contributed by atoms with van der Waals surface area (Å²) in [7, 11) is 8.59. The van der Waals surface area contributed by atoms with E-state index >= 15 is 0 Å². The lowest BCUT2D eigenvalue weighted by molar-refractivity contribution is -0.872. The molecule has 0 saturated heterocycles. The second-order valence-corrected chi connectivity index (χ2v) is 4.39. The number of nitrogens with one attached hydrogen (secondary N) is 1. The molecule has 0 heterocycles. The molecule has 2 nitrogen and oxygen atoms in total. The molecular formula is C12H21N2+. The molecule has 0 aromatic heterocycles. The van der Waals surface area contributed by atoms with Gasteiger partial charge in [0.15, 0.2) is 0 Å². The number of hydrogen-bond donors (Lipinski definition) is 1. The van der Waals surface area contributed by atoms with Crippen LogP contribution in [0.1, 0.15) is 11.1 Å². The van der Waals surface area contributed by atoms with Crippen LogP contribution in [-0.2, 0) is 13.1 Å². The van der Waals surface area contributed by atoms with Gasteiger partial charge in [0.2, 0.25) is 0 Å². The van der Waals surface area contributed by atoms with E-state index in [1.165, 1.54) is 16.0 Å². The molecule has 0 unspecified atom stereocenters. The fraction of sp³-hybridized carbons (Fsp3) is 0.500. The first-order chi connectivity index (χ1) is 6.59. The lowest BCUT2D eigenvalue weighted by Crippen LogP contribution is -3.04. The van der Waals surface area contributed by atoms with Crippen molar-refractivity contribution >= 4 is 0 Å². The highest BCUT2D eigenvalue weighted by Crippen LogP contribution is 2.08. The van der Waals surface area contributed by atoms with Gasteiger partial charge in [-0.3, -0.25) is 0 Å². The Balaban J connectivity index is 2.80. The third-order valence-corrected chi connectivity index (χ3v) is 2.15. The molecule has 0 spiro atoms. The van der Waals surface area contributed by atoms with Crippen molar-refractivity contribution in [2.24, 2.45) is 0 Å². The maximum Gasteiger partial charge on any atom is 0.103 e. The van der Waals surface area contributed by atoms with Gasteiger partial charge in [-0.25, -0.2) is 0 Å². The summed E-state index contributed by atoms with van der Waals surface area (Å²) in [5.74, 6) is 0. The summed E-state index contributed by atoms with van der Waals surface area (Å²) in [5.41, 5.74) is 2.90. The smallest absolute Gasteiger partial charge is 0.103 e. The second kappa shape index (κ2) is 5.13. The van der Waals surface area contributed by atoms with E-state index in [1.54, 1.807) is 0 Å². The van der Waals surface area contributed by atoms with Crippen molar-refractivity contribution in [1.29, 1.82) is 0 Å². The molecule has 0 radical (unpaired) electrons. The molecule has 14 heavy (non-hydrogen) atoms. The minimum atomic E-state index is 1.03. The molecule has 0 saturated carbocycles. The van der Waals surface area contributed by atoms with Crippen molar-refractivity contribution in [3.05, 3.63) is 35.4 Å². The van der Waals surface area contributed by atoms with Crippen LogP contribution in [0.4, 0.5) is 0 Å². The van der Waals surface area contributed by atoms with Crippen LogP contribution in [0.5, 0.6) is 0 Å². The van der Waals surface area contributed by atoms with Gasteiger partial charge < -0.3 is 9.80 Å². The zero-order valence-electron chi connectivity index (χ0n) is 9.67. The highest BCUT2D eigenvalue weighted by molar-refractivity contribution is 5.26. The minimum absolute atomic E-state index is 1.03. The van der Waals surface area contributed by atoms with Gasteiger partial charge in [0, 0.05) is 12.1 Å². The molecule has 2 heteroatoms. The lowest BCUT2D eigenvalue weighted by atomic mass is 10.1. The van der Waals surface area contributed by atoms with Crippen molar-refractivity contribution in [3.8, 4) is 0 Å². The topological polar surface area (TPSA) is 7.68 Å². The fourth-order valence-electron chi connectivity index (χ4n) is 1.61. The first-order valence-corrected chi connectivity index (χ1v) is 5.10. The van der Waals surface area contributed by atoms with Gasteiger partial charge in [-0.1, -0.05) is 24.3 Å². The van der Waals surface area contributed by atoms with Crippen LogP contribution in [0.15, 0.2) is 24.3 Å². The summed E-state index contributed by atoms with van der Waals surface area (Å²) in [6, 6.07) is 8.69. The Labute approximate surface area is 87.1 Å². The maximum absolute atomic E-state index is 2.23. The standard InChI is InChI=1S/C12H20N2/c1-13(2)9-11-7-5-6-8-12(11)10-14(3)4/h5-8H,9-10H2,1-4H3/p+1. The summed E-state index contributed by atoms with van der Waals surface area (Å²) >= 11 is 0. The van der Waals surface area contributed by atoms with E-state index in [2.05, 4.69) is 57.4 Å². The molecule has 0 atom stereocenters. The number of quaternary nitrogens is 1. The van der Waals surface area contributed by atoms with Crippen molar-refractivity contribution < 1.29 is 4.90 Å². The molecule has 0 amide bonds. The number of hydrogen-bond acceptors (Lipinski definition) is 1. The molecule has 0 aliphatic heterocycles. The zero-order chi connectivity index (χ0) is 10.6. The lowest BCUT2D eigenvalue weighted by Gasteiger charge is -2.15. The quantitative estimate of drug-likeness (QED) is 0.727. The molecule has 1 N–H and O–H groups in total. The van der Waals surface area contributed by atoms with Crippen LogP contribution in [0, 0.1) is 0 Å². The first-order valence-electron chi connectivity index (χ1n) is 5.10. The monoisotopic (exact) mass is 193 g/mol. The summed E-state index contributed by atoms with van der Waals surface area (Å²) in [4.78, 5) is 3.68. The number of nitrogens with zero attached hydrogens (tertiary/aromatic N) is 1. The number of rotatable bonds is 4. The molecule has 1 aromatic rings. The van der Waals surface area contributed by atoms with Crippen molar-refractivity contribution in [1.82, 2.24) is 4.90 Å². The Bertz CT molecular complexity index is 250. The molecule has 1 rings (SSSR count). The van der Waals surface area contributed by atoms with E-state index in [0.29, 0.717) is 0 Å². The molecule has 0 bridgehead atoms. The average Bonchev–Trinajstić information content (AvgIpc) is 2.06. The predicted octanol–water partition coefficient (Wildman–Crippen LogP) is 0.393. The van der Waals surface area contributed by atoms with Crippen molar-refractivity contribution in [2.75, 3.05) is 28.2 Å². The SMILES string of the molecule is CN(C)Cc1ccccc1C[NH+](C)C. The summed E-state index contributed by atoms with van der Waals surface area (Å²) < 4.78 is 0. The third-order valence-electron chi connectivity index (χ3n) is 2.15. The fourth-order valence-corrected chi connectivity index (χ4v) is 1.61. The summed E-state index contributed by atoms with van der Waals surface area (Å²) in [5, 5.41) is 0. The van der Waals surface area contributed by atoms with Crippen LogP contribution < -0.4 is 4.90 Å². The Morgan fingerprint density at radius 2 is 1.64 bits per heavy atom. The van der Waals surface area contributed by atoms with Gasteiger partial charge in [-0.15, -0.1) is 0 Å². The van der Waals surface area contributed by atoms with E-state index in [0.717, 1.165) is 13.1 Å². The zero-order valence-corrected chi connectivity index (χ0v) is 9.67. The van der Waals surface area contributed by atoms with Crippen LogP contribution in [0.2, 0.25) is 0 Å². The molecule has 1 aromatic carbocycles. The first kappa shape index (κ1) is 11.2. The maximum atomic E-state index is 2.23. The van der Waals surface area contributed by atoms with Gasteiger partial charge in [-0.2, -0.15) is 0 Å². The third kappa shape index (κ3) is 3.48. The van der Waals surface area contributed by atoms with Crippen LogP contribution in [-0.4, -0.2) is 33.1 Å². The summed E-state index contributed by atoms with van der Waals surface area (Å²) in [6.45, 7) is 2.13. The Morgan fingerprint density at radius 1 is 1.07 bits per heavy atom. The van der Waals surface area contributed by atoms with E-state index in [4.69, 9.17) is 0 Å². The van der Waals surface area contributed by atoms with Crippen molar-refractivity contribution in [3.63, 3.8) is 0 Å². The van der Waals surface area contributed by atoms with Crippen molar-refractivity contribution in [2.45, 2.75) is 13.1 Å². The van der Waals surface area contributed by atoms with Gasteiger partial charge in [0.25, 0.3) is 0 Å². The summed E-state index contributed by atoms with van der Waals surface area (Å²) in [6.07, 6.45) is 0. The van der Waals surface area contributed by atoms with Gasteiger partial charge in [-0.05, 0) is 19.7 Å². The molecule has 0 fully saturated rings. The molecular weight excluding hydrogens is 172 g/mol. The van der Waals surface area contributed by atoms with E-state index in [1.807, 2.05) is 0 Å². The Morgan fingerprint density at radius 3 is 2.14 bits per heavy atom. The van der Waals surface area contributed by atoms with Crippen LogP contribution in [0.25, 0.3) is 0 Å². The van der Waals surface area contributed by atoms with Crippen LogP contribution in [0.3, 0.4) is 0 Å². The predicted molar refractivity (Wildman–Crippen MR) is 60.3 cm³/mol. The van der Waals surface area contributed by atoms with Gasteiger partial charge in [0.1, 0.15) is 6.54 Å². The number of benzene rings is 1. The Kier molecular flexibility index (Phi) is 4.11. The second-order valence-electron chi connectivity index (χ2n) is 4.39. The average molecular weight is 193 g/mol. The largest absolute Gasteiger partial charge is 0.336 e. The van der Waals surface area contributed by atoms with E-state index in [-0.39, 0.29) is 0 Å². The molecule has 0 aliphatic rings. The molecule has 0 aliphatic carbocycles. The van der Waals surface area contributed by atoms with Gasteiger partial charge >= 0.3 is 0 Å². The highest BCUT2D eigenvalue weighted by Gasteiger charge is 2.05. The minimum Gasteiger partial charge on any atom is -0.336 e.